The predicted octanol–water partition coefficient (Wildman–Crippen LogP) is 20.2. The molecule has 3 aliphatic rings. The molecule has 2 unspecified atom stereocenters. The van der Waals surface area contributed by atoms with Crippen LogP contribution in [0.3, 0.4) is 0 Å². The highest BCUT2D eigenvalue weighted by Crippen LogP contribution is 2.61. The van der Waals surface area contributed by atoms with Gasteiger partial charge >= 0.3 is 0 Å². The monoisotopic (exact) mass is 949 g/mol. The largest absolute Gasteiger partial charge is 0.335 e. The third-order valence-corrected chi connectivity index (χ3v) is 18.5. The molecule has 2 heteroatoms. The molecule has 10 aromatic carbocycles. The second-order valence-corrected chi connectivity index (χ2v) is 22.6. The molecule has 2 aliphatic carbocycles. The van der Waals surface area contributed by atoms with Gasteiger partial charge in [-0.2, -0.15) is 0 Å². The van der Waals surface area contributed by atoms with E-state index in [0.29, 0.717) is 0 Å². The first-order valence-electron chi connectivity index (χ1n) is 27.7. The Morgan fingerprint density at radius 1 is 0.425 bits per heavy atom. The molecule has 0 radical (unpaired) electrons. The Morgan fingerprint density at radius 3 is 1.45 bits per heavy atom. The van der Waals surface area contributed by atoms with E-state index < -0.39 is 0 Å². The van der Waals surface area contributed by atoms with Crippen LogP contribution in [0.5, 0.6) is 0 Å². The van der Waals surface area contributed by atoms with E-state index in [-0.39, 0.29) is 16.5 Å². The minimum atomic E-state index is -0.0310. The van der Waals surface area contributed by atoms with E-state index in [1.54, 1.807) is 0 Å². The van der Waals surface area contributed by atoms with Crippen LogP contribution in [0.2, 0.25) is 0 Å². The van der Waals surface area contributed by atoms with Crippen molar-refractivity contribution in [1.29, 1.82) is 0 Å². The minimum Gasteiger partial charge on any atom is -0.335 e. The van der Waals surface area contributed by atoms with Gasteiger partial charge < -0.3 is 9.80 Å². The molecule has 1 heterocycles. The molecule has 0 amide bonds. The molecule has 0 bridgehead atoms. The number of hydrogen-bond acceptors (Lipinski definition) is 2. The molecule has 10 aromatic rings. The van der Waals surface area contributed by atoms with Crippen molar-refractivity contribution in [2.45, 2.75) is 121 Å². The van der Waals surface area contributed by atoms with Crippen molar-refractivity contribution in [3.05, 3.63) is 205 Å². The molecule has 0 N–H and O–H groups in total. The second-order valence-electron chi connectivity index (χ2n) is 22.6. The van der Waals surface area contributed by atoms with Crippen LogP contribution in [0.4, 0.5) is 22.7 Å². The molecular weight excluding hydrogens is 881 g/mol. The van der Waals surface area contributed by atoms with Crippen molar-refractivity contribution < 1.29 is 0 Å². The lowest BCUT2D eigenvalue weighted by atomic mass is 9.66. The molecule has 2 nitrogen and oxygen atoms in total. The van der Waals surface area contributed by atoms with Crippen LogP contribution >= 0.6 is 0 Å². The van der Waals surface area contributed by atoms with Gasteiger partial charge in [-0.25, -0.2) is 0 Å². The maximum absolute atomic E-state index is 2.72. The summed E-state index contributed by atoms with van der Waals surface area (Å²) in [7, 11) is 0. The number of anilines is 4. The van der Waals surface area contributed by atoms with Gasteiger partial charge in [-0.15, -0.1) is 0 Å². The normalized spacial score (nSPS) is 19.7. The third kappa shape index (κ3) is 7.33. The van der Waals surface area contributed by atoms with Gasteiger partial charge in [0.15, 0.2) is 0 Å². The van der Waals surface area contributed by atoms with Crippen molar-refractivity contribution in [3.63, 3.8) is 0 Å². The van der Waals surface area contributed by atoms with Gasteiger partial charge in [-0.1, -0.05) is 192 Å². The average Bonchev–Trinajstić information content (AvgIpc) is 3.64. The van der Waals surface area contributed by atoms with Crippen LogP contribution in [0.25, 0.3) is 76.8 Å². The molecule has 73 heavy (non-hydrogen) atoms. The first-order valence-corrected chi connectivity index (χ1v) is 27.7. The van der Waals surface area contributed by atoms with Crippen LogP contribution in [0.15, 0.2) is 194 Å². The molecule has 1 aliphatic heterocycles. The highest BCUT2D eigenvalue weighted by molar-refractivity contribution is 6.32. The number of benzene rings is 10. The zero-order valence-corrected chi connectivity index (χ0v) is 43.4. The SMILES string of the molecule is CCc1cc(-c2cc(-c3ccccc3)c3ccc4c(-c5ccc6c(c5)C5(C)CCCCCC5(C)N6c5ccccc5)cc(-c5ccccc5)c5ccc2c3c54)ccc1N(c1ccccc1)C1(C)CCCCCC1. The van der Waals surface area contributed by atoms with E-state index in [4.69, 9.17) is 0 Å². The Bertz CT molecular complexity index is 3630. The molecule has 13 rings (SSSR count). The lowest BCUT2D eigenvalue weighted by Crippen LogP contribution is -2.52. The van der Waals surface area contributed by atoms with Gasteiger partial charge in [0, 0.05) is 33.7 Å². The summed E-state index contributed by atoms with van der Waals surface area (Å²) >= 11 is 0. The molecule has 0 spiro atoms. The number of rotatable bonds is 9. The number of aryl methyl sites for hydroxylation is 1. The van der Waals surface area contributed by atoms with Crippen LogP contribution < -0.4 is 9.80 Å². The third-order valence-electron chi connectivity index (χ3n) is 18.5. The Labute approximate surface area is 433 Å². The van der Waals surface area contributed by atoms with E-state index in [9.17, 15) is 0 Å². The summed E-state index contributed by atoms with van der Waals surface area (Å²) in [5, 5.41) is 7.94. The predicted molar refractivity (Wildman–Crippen MR) is 313 cm³/mol. The lowest BCUT2D eigenvalue weighted by molar-refractivity contribution is 0.261. The number of nitrogens with zero attached hydrogens (tertiary/aromatic N) is 2. The van der Waals surface area contributed by atoms with Crippen molar-refractivity contribution in [2.75, 3.05) is 9.80 Å². The summed E-state index contributed by atoms with van der Waals surface area (Å²) in [4.78, 5) is 5.44. The van der Waals surface area contributed by atoms with Gasteiger partial charge in [0.25, 0.3) is 0 Å². The fourth-order valence-electron chi connectivity index (χ4n) is 14.5. The van der Waals surface area contributed by atoms with E-state index >= 15 is 0 Å². The molecule has 362 valence electrons. The molecule has 2 fully saturated rings. The number of para-hydroxylation sites is 2. The van der Waals surface area contributed by atoms with Gasteiger partial charge in [-0.3, -0.25) is 0 Å². The van der Waals surface area contributed by atoms with Crippen molar-refractivity contribution in [2.24, 2.45) is 0 Å². The van der Waals surface area contributed by atoms with E-state index in [1.165, 1.54) is 181 Å². The zero-order valence-electron chi connectivity index (χ0n) is 43.4. The van der Waals surface area contributed by atoms with E-state index in [0.717, 1.165) is 6.42 Å². The summed E-state index contributed by atoms with van der Waals surface area (Å²) in [6, 6.07) is 74.5. The maximum Gasteiger partial charge on any atom is 0.0517 e. The van der Waals surface area contributed by atoms with Crippen molar-refractivity contribution in [1.82, 2.24) is 0 Å². The van der Waals surface area contributed by atoms with Gasteiger partial charge in [0.2, 0.25) is 0 Å². The first kappa shape index (κ1) is 45.7. The summed E-state index contributed by atoms with van der Waals surface area (Å²) in [6.07, 6.45) is 14.7. The average molecular weight is 949 g/mol. The fourth-order valence-corrected chi connectivity index (χ4v) is 14.5. The zero-order chi connectivity index (χ0) is 49.3. The van der Waals surface area contributed by atoms with Crippen LogP contribution in [-0.2, 0) is 11.8 Å². The highest BCUT2D eigenvalue weighted by Gasteiger charge is 2.56. The molecular formula is C71H68N2. The minimum absolute atomic E-state index is 0.00531. The van der Waals surface area contributed by atoms with E-state index in [2.05, 4.69) is 232 Å². The Balaban J connectivity index is 1.06. The smallest absolute Gasteiger partial charge is 0.0517 e. The van der Waals surface area contributed by atoms with Crippen LogP contribution in [-0.4, -0.2) is 11.1 Å². The van der Waals surface area contributed by atoms with Crippen LogP contribution in [0.1, 0.15) is 109 Å². The summed E-state index contributed by atoms with van der Waals surface area (Å²) in [5.41, 5.74) is 18.4. The highest BCUT2D eigenvalue weighted by atomic mass is 15.3. The van der Waals surface area contributed by atoms with Gasteiger partial charge in [0.1, 0.15) is 0 Å². The van der Waals surface area contributed by atoms with Crippen LogP contribution in [0, 0.1) is 0 Å². The summed E-state index contributed by atoms with van der Waals surface area (Å²) in [5.74, 6) is 0. The van der Waals surface area contributed by atoms with Crippen molar-refractivity contribution in [3.8, 4) is 44.5 Å². The molecule has 0 aromatic heterocycles. The van der Waals surface area contributed by atoms with Gasteiger partial charge in [-0.05, 0) is 195 Å². The quantitative estimate of drug-likeness (QED) is 0.105. The standard InChI is InChI=1S/C71H68N2/c1-5-49-45-52(33-39-65(49)72(54-29-17-10-18-30-54)69(2)41-21-6-7-22-42-69)62-47-60(50-25-13-8-14-26-50)56-36-38-59-63(48-61(51-27-15-9-16-28-51)57-35-37-58(62)67(56)68(57)59)53-34-40-66-64(46-53)70(3)43-23-12-24-44-71(70,4)73(66)55-31-19-11-20-32-55/h8-11,13-20,25-40,45-48H,5-7,12,21-24,41-44H2,1-4H3. The Hall–Kier alpha value is -7.16. The maximum atomic E-state index is 2.72. The molecule has 0 saturated heterocycles. The Morgan fingerprint density at radius 2 is 0.890 bits per heavy atom. The fraction of sp³-hybridized carbons (Fsp3) is 0.268. The molecule has 2 atom stereocenters. The Kier molecular flexibility index (Phi) is 11.3. The van der Waals surface area contributed by atoms with Crippen molar-refractivity contribution >= 4 is 55.1 Å². The topological polar surface area (TPSA) is 6.48 Å². The molecule has 2 saturated carbocycles. The summed E-state index contributed by atoms with van der Waals surface area (Å²) in [6.45, 7) is 10.0. The number of hydrogen-bond donors (Lipinski definition) is 0. The number of fused-ring (bicyclic) bond motifs is 3. The summed E-state index contributed by atoms with van der Waals surface area (Å²) < 4.78 is 0. The van der Waals surface area contributed by atoms with Gasteiger partial charge in [0.05, 0.1) is 5.54 Å². The lowest BCUT2D eigenvalue weighted by Gasteiger charge is -2.46. The second kappa shape index (κ2) is 18.1. The van der Waals surface area contributed by atoms with E-state index in [1.807, 2.05) is 0 Å². The first-order chi connectivity index (χ1) is 35.8.